The van der Waals surface area contributed by atoms with Gasteiger partial charge in [0.2, 0.25) is 0 Å². The number of benzene rings is 1. The van der Waals surface area contributed by atoms with Gasteiger partial charge >= 0.3 is 0 Å². The zero-order chi connectivity index (χ0) is 13.8. The molecule has 0 aliphatic heterocycles. The first-order valence-electron chi connectivity index (χ1n) is 7.34. The normalized spacial score (nSPS) is 16.2. The van der Waals surface area contributed by atoms with E-state index in [9.17, 15) is 4.79 Å². The van der Waals surface area contributed by atoms with E-state index in [1.54, 1.807) is 6.20 Å². The van der Waals surface area contributed by atoms with Crippen LogP contribution in [-0.2, 0) is 4.79 Å². The molecule has 1 saturated carbocycles. The number of ether oxygens (including phenoxy) is 1. The van der Waals surface area contributed by atoms with E-state index in [2.05, 4.69) is 4.98 Å². The van der Waals surface area contributed by atoms with Gasteiger partial charge in [0.05, 0.1) is 0 Å². The Morgan fingerprint density at radius 2 is 1.95 bits per heavy atom. The highest BCUT2D eigenvalue weighted by Crippen LogP contribution is 2.26. The summed E-state index contributed by atoms with van der Waals surface area (Å²) in [5.74, 6) is 1.14. The van der Waals surface area contributed by atoms with Crippen LogP contribution in [0.4, 0.5) is 0 Å². The van der Waals surface area contributed by atoms with E-state index in [1.165, 1.54) is 19.3 Å². The minimum absolute atomic E-state index is 0.167. The molecule has 0 saturated heterocycles. The van der Waals surface area contributed by atoms with Crippen LogP contribution in [0, 0.1) is 5.92 Å². The molecule has 0 N–H and O–H groups in total. The number of hydrogen-bond acceptors (Lipinski definition) is 3. The highest BCUT2D eigenvalue weighted by molar-refractivity contribution is 5.86. The van der Waals surface area contributed by atoms with Crippen LogP contribution in [0.1, 0.15) is 32.1 Å². The van der Waals surface area contributed by atoms with E-state index in [0.717, 1.165) is 23.7 Å². The summed E-state index contributed by atoms with van der Waals surface area (Å²) in [6.45, 7) is 0.167. The van der Waals surface area contributed by atoms with Gasteiger partial charge in [0, 0.05) is 17.5 Å². The molecular formula is C17H19NO2. The Bertz CT molecular complexity index is 597. The molecule has 3 heteroatoms. The lowest BCUT2D eigenvalue weighted by atomic mass is 9.86. The Hall–Kier alpha value is -1.90. The first-order chi connectivity index (χ1) is 9.84. The summed E-state index contributed by atoms with van der Waals surface area (Å²) < 4.78 is 5.72. The van der Waals surface area contributed by atoms with Crippen LogP contribution < -0.4 is 4.74 Å². The van der Waals surface area contributed by atoms with Crippen LogP contribution in [0.25, 0.3) is 10.9 Å². The predicted molar refractivity (Wildman–Crippen MR) is 78.8 cm³/mol. The van der Waals surface area contributed by atoms with E-state index in [0.29, 0.717) is 5.75 Å². The molecule has 2 aromatic rings. The third-order valence-electron chi connectivity index (χ3n) is 4.03. The first-order valence-corrected chi connectivity index (χ1v) is 7.34. The molecule has 1 aromatic carbocycles. The molecule has 0 atom stereocenters. The minimum Gasteiger partial charge on any atom is -0.484 e. The maximum Gasteiger partial charge on any atom is 0.173 e. The standard InChI is InChI=1S/C17H19NO2/c19-15(13-6-2-1-3-7-13)12-20-16-10-4-8-14-9-5-11-18-17(14)16/h4-5,8-11,13H,1-3,6-7,12H2. The highest BCUT2D eigenvalue weighted by Gasteiger charge is 2.21. The molecule has 1 aliphatic rings. The average molecular weight is 269 g/mol. The molecule has 0 unspecified atom stereocenters. The van der Waals surface area contributed by atoms with E-state index < -0.39 is 0 Å². The Kier molecular flexibility index (Phi) is 3.95. The van der Waals surface area contributed by atoms with Gasteiger partial charge in [0.25, 0.3) is 0 Å². The lowest BCUT2D eigenvalue weighted by Crippen LogP contribution is -2.23. The summed E-state index contributed by atoms with van der Waals surface area (Å²) in [5.41, 5.74) is 0.825. The second-order valence-corrected chi connectivity index (χ2v) is 5.42. The molecule has 104 valence electrons. The van der Waals surface area contributed by atoms with Gasteiger partial charge in [0.15, 0.2) is 5.78 Å². The summed E-state index contributed by atoms with van der Waals surface area (Å²) in [6, 6.07) is 9.71. The van der Waals surface area contributed by atoms with Crippen LogP contribution in [0.2, 0.25) is 0 Å². The Morgan fingerprint density at radius 1 is 1.15 bits per heavy atom. The molecule has 20 heavy (non-hydrogen) atoms. The minimum atomic E-state index is 0.167. The van der Waals surface area contributed by atoms with Gasteiger partial charge in [-0.1, -0.05) is 37.5 Å². The summed E-state index contributed by atoms with van der Waals surface area (Å²) in [7, 11) is 0. The summed E-state index contributed by atoms with van der Waals surface area (Å²) in [4.78, 5) is 16.5. The number of hydrogen-bond donors (Lipinski definition) is 0. The van der Waals surface area contributed by atoms with Crippen molar-refractivity contribution < 1.29 is 9.53 Å². The van der Waals surface area contributed by atoms with E-state index in [-0.39, 0.29) is 18.3 Å². The fourth-order valence-electron chi connectivity index (χ4n) is 2.88. The maximum atomic E-state index is 12.2. The van der Waals surface area contributed by atoms with Crippen molar-refractivity contribution >= 4 is 16.7 Å². The molecule has 1 fully saturated rings. The van der Waals surface area contributed by atoms with Gasteiger partial charge in [-0.3, -0.25) is 9.78 Å². The van der Waals surface area contributed by atoms with Crippen LogP contribution in [-0.4, -0.2) is 17.4 Å². The number of para-hydroxylation sites is 1. The first kappa shape index (κ1) is 13.1. The number of fused-ring (bicyclic) bond motifs is 1. The maximum absolute atomic E-state index is 12.2. The number of nitrogens with zero attached hydrogens (tertiary/aromatic N) is 1. The number of Topliss-reactive ketones (excluding diaryl/α,β-unsaturated/α-hetero) is 1. The molecule has 3 rings (SSSR count). The third-order valence-corrected chi connectivity index (χ3v) is 4.03. The summed E-state index contributed by atoms with van der Waals surface area (Å²) in [6.07, 6.45) is 7.40. The van der Waals surface area contributed by atoms with Crippen LogP contribution in [0.15, 0.2) is 36.5 Å². The Labute approximate surface area is 119 Å². The van der Waals surface area contributed by atoms with Crippen molar-refractivity contribution in [2.45, 2.75) is 32.1 Å². The van der Waals surface area contributed by atoms with Gasteiger partial charge < -0.3 is 4.74 Å². The fourth-order valence-corrected chi connectivity index (χ4v) is 2.88. The molecule has 3 nitrogen and oxygen atoms in total. The Balaban J connectivity index is 1.69. The largest absolute Gasteiger partial charge is 0.484 e. The number of rotatable bonds is 4. The van der Waals surface area contributed by atoms with Crippen LogP contribution in [0.3, 0.4) is 0 Å². The summed E-state index contributed by atoms with van der Waals surface area (Å²) >= 11 is 0. The Morgan fingerprint density at radius 3 is 2.80 bits per heavy atom. The van der Waals surface area contributed by atoms with Crippen molar-refractivity contribution in [2.75, 3.05) is 6.61 Å². The third kappa shape index (κ3) is 2.82. The topological polar surface area (TPSA) is 39.2 Å². The van der Waals surface area contributed by atoms with E-state index >= 15 is 0 Å². The quantitative estimate of drug-likeness (QED) is 0.848. The van der Waals surface area contributed by atoms with Crippen LogP contribution in [0.5, 0.6) is 5.75 Å². The lowest BCUT2D eigenvalue weighted by molar-refractivity contribution is -0.125. The molecular weight excluding hydrogens is 250 g/mol. The molecule has 1 aromatic heterocycles. The zero-order valence-corrected chi connectivity index (χ0v) is 11.5. The van der Waals surface area contributed by atoms with Crippen molar-refractivity contribution in [3.8, 4) is 5.75 Å². The lowest BCUT2D eigenvalue weighted by Gasteiger charge is -2.20. The van der Waals surface area contributed by atoms with E-state index in [1.807, 2.05) is 30.3 Å². The van der Waals surface area contributed by atoms with Crippen molar-refractivity contribution in [2.24, 2.45) is 5.92 Å². The van der Waals surface area contributed by atoms with Gasteiger partial charge in [-0.25, -0.2) is 0 Å². The van der Waals surface area contributed by atoms with Crippen molar-refractivity contribution in [3.05, 3.63) is 36.5 Å². The molecule has 0 bridgehead atoms. The van der Waals surface area contributed by atoms with Gasteiger partial charge in [0.1, 0.15) is 17.9 Å². The predicted octanol–water partition coefficient (Wildman–Crippen LogP) is 3.76. The number of carbonyl (C=O) groups is 1. The molecule has 0 amide bonds. The van der Waals surface area contributed by atoms with Gasteiger partial charge in [-0.15, -0.1) is 0 Å². The number of pyridine rings is 1. The second-order valence-electron chi connectivity index (χ2n) is 5.42. The molecule has 1 heterocycles. The highest BCUT2D eigenvalue weighted by atomic mass is 16.5. The molecule has 1 aliphatic carbocycles. The monoisotopic (exact) mass is 269 g/mol. The van der Waals surface area contributed by atoms with Crippen LogP contribution >= 0.6 is 0 Å². The smallest absolute Gasteiger partial charge is 0.173 e. The van der Waals surface area contributed by atoms with Crippen molar-refractivity contribution in [3.63, 3.8) is 0 Å². The molecule has 0 spiro atoms. The fraction of sp³-hybridized carbons (Fsp3) is 0.412. The number of aromatic nitrogens is 1. The zero-order valence-electron chi connectivity index (χ0n) is 11.5. The van der Waals surface area contributed by atoms with E-state index in [4.69, 9.17) is 4.74 Å². The number of carbonyl (C=O) groups excluding carboxylic acids is 1. The average Bonchev–Trinajstić information content (AvgIpc) is 2.53. The molecule has 0 radical (unpaired) electrons. The van der Waals surface area contributed by atoms with Gasteiger partial charge in [-0.2, -0.15) is 0 Å². The van der Waals surface area contributed by atoms with Crippen molar-refractivity contribution in [1.82, 2.24) is 4.98 Å². The van der Waals surface area contributed by atoms with Crippen molar-refractivity contribution in [1.29, 1.82) is 0 Å². The van der Waals surface area contributed by atoms with Gasteiger partial charge in [-0.05, 0) is 25.0 Å². The summed E-state index contributed by atoms with van der Waals surface area (Å²) in [5, 5.41) is 1.04. The second kappa shape index (κ2) is 6.04. The number of ketones is 1. The SMILES string of the molecule is O=C(COc1cccc2cccnc12)C1CCCCC1.